The summed E-state index contributed by atoms with van der Waals surface area (Å²) in [5.74, 6) is -0.536. The number of rotatable bonds is 2. The molecule has 0 aromatic heterocycles. The summed E-state index contributed by atoms with van der Waals surface area (Å²) in [4.78, 5) is 10.3. The number of carbonyl (C=O) groups excluding carboxylic acids is 1. The zero-order valence-corrected chi connectivity index (χ0v) is 6.11. The maximum atomic E-state index is 10.3. The van der Waals surface area contributed by atoms with Gasteiger partial charge in [-0.1, -0.05) is 4.41 Å². The molecule has 7 N–H and O–H groups in total. The molecule has 0 spiro atoms. The Hall–Kier alpha value is -1.35. The van der Waals surface area contributed by atoms with Gasteiger partial charge in [0, 0.05) is 0 Å². The van der Waals surface area contributed by atoms with Crippen molar-refractivity contribution in [1.82, 2.24) is 4.41 Å². The van der Waals surface area contributed by atoms with Gasteiger partial charge in [0.25, 0.3) is 11.3 Å². The van der Waals surface area contributed by atoms with Crippen LogP contribution >= 0.6 is 0 Å². The highest BCUT2D eigenvalue weighted by Gasteiger charge is 2.14. The van der Waals surface area contributed by atoms with Crippen molar-refractivity contribution in [3.05, 3.63) is 0 Å². The van der Waals surface area contributed by atoms with E-state index in [4.69, 9.17) is 16.0 Å². The highest BCUT2D eigenvalue weighted by Crippen LogP contribution is 1.90. The van der Waals surface area contributed by atoms with Crippen molar-refractivity contribution < 1.29 is 13.6 Å². The van der Waals surface area contributed by atoms with Crippen molar-refractivity contribution in [2.24, 2.45) is 22.3 Å². The van der Waals surface area contributed by atoms with Crippen LogP contribution in [0.25, 0.3) is 0 Å². The third kappa shape index (κ3) is 3.37. The first-order valence-corrected chi connectivity index (χ1v) is 3.31. The van der Waals surface area contributed by atoms with Gasteiger partial charge in [-0.15, -0.1) is 5.10 Å². The normalized spacial score (nSPS) is 11.7. The average molecular weight is 181 g/mol. The van der Waals surface area contributed by atoms with Crippen LogP contribution < -0.4 is 17.2 Å². The van der Waals surface area contributed by atoms with Crippen molar-refractivity contribution in [1.29, 1.82) is 0 Å². The van der Waals surface area contributed by atoms with E-state index in [0.717, 1.165) is 0 Å². The Kier molecular flexibility index (Phi) is 3.27. The summed E-state index contributed by atoms with van der Waals surface area (Å²) in [7, 11) is 0. The number of hydrazone groups is 1. The van der Waals surface area contributed by atoms with Crippen LogP contribution in [0.2, 0.25) is 0 Å². The van der Waals surface area contributed by atoms with Gasteiger partial charge >= 0.3 is 6.03 Å². The topological polar surface area (TPSA) is 148 Å². The number of amides is 2. The minimum atomic E-state index is -2.64. The standard InChI is InChI=1S/C2H7N5O3S/c3-1(4)6-7(2(5)8)11(9)10/h(H2,5,8)(H,9,10)(H4,3,4,6). The van der Waals surface area contributed by atoms with E-state index in [2.05, 4.69) is 10.8 Å². The van der Waals surface area contributed by atoms with Gasteiger partial charge in [0.2, 0.25) is 5.96 Å². The molecule has 0 aromatic carbocycles. The van der Waals surface area contributed by atoms with Gasteiger partial charge in [0.15, 0.2) is 0 Å². The molecule has 1 atom stereocenters. The van der Waals surface area contributed by atoms with E-state index in [9.17, 15) is 9.00 Å². The molecule has 0 heterocycles. The fraction of sp³-hybridized carbons (Fsp3) is 0. The average Bonchev–Trinajstić information content (AvgIpc) is 1.81. The number of nitrogens with zero attached hydrogens (tertiary/aromatic N) is 2. The molecule has 0 aliphatic rings. The predicted octanol–water partition coefficient (Wildman–Crippen LogP) is -2.31. The molecule has 0 fully saturated rings. The molecule has 0 aliphatic heterocycles. The zero-order valence-electron chi connectivity index (χ0n) is 5.30. The van der Waals surface area contributed by atoms with Crippen LogP contribution in [-0.4, -0.2) is 25.2 Å². The lowest BCUT2D eigenvalue weighted by Crippen LogP contribution is -2.36. The molecule has 0 saturated heterocycles. The molecule has 0 radical (unpaired) electrons. The third-order valence-corrected chi connectivity index (χ3v) is 1.10. The maximum Gasteiger partial charge on any atom is 0.349 e. The number of hydrogen-bond acceptors (Lipinski definition) is 3. The minimum Gasteiger partial charge on any atom is -0.369 e. The molecule has 2 amide bonds. The van der Waals surface area contributed by atoms with Gasteiger partial charge in [-0.2, -0.15) is 0 Å². The molecule has 0 rings (SSSR count). The molecule has 11 heavy (non-hydrogen) atoms. The summed E-state index contributed by atoms with van der Waals surface area (Å²) in [6.45, 7) is 0. The van der Waals surface area contributed by atoms with Crippen LogP contribution in [0.5, 0.6) is 0 Å². The van der Waals surface area contributed by atoms with E-state index < -0.39 is 23.3 Å². The van der Waals surface area contributed by atoms with Gasteiger partial charge in [0.05, 0.1) is 0 Å². The molecule has 64 valence electrons. The number of urea groups is 1. The van der Waals surface area contributed by atoms with Crippen LogP contribution in [0.4, 0.5) is 4.79 Å². The lowest BCUT2D eigenvalue weighted by atomic mass is 11.1. The molecular weight excluding hydrogens is 174 g/mol. The molecule has 8 nitrogen and oxygen atoms in total. The van der Waals surface area contributed by atoms with Crippen LogP contribution in [0.3, 0.4) is 0 Å². The smallest absolute Gasteiger partial charge is 0.349 e. The molecule has 9 heteroatoms. The Bertz CT molecular complexity index is 196. The van der Waals surface area contributed by atoms with E-state index >= 15 is 0 Å². The quantitative estimate of drug-likeness (QED) is 0.163. The second kappa shape index (κ2) is 3.73. The first-order chi connectivity index (χ1) is 4.95. The summed E-state index contributed by atoms with van der Waals surface area (Å²) < 4.78 is 18.5. The van der Waals surface area contributed by atoms with Crippen molar-refractivity contribution in [3.63, 3.8) is 0 Å². The van der Waals surface area contributed by atoms with E-state index in [1.807, 2.05) is 0 Å². The summed E-state index contributed by atoms with van der Waals surface area (Å²) >= 11 is -2.64. The summed E-state index contributed by atoms with van der Waals surface area (Å²) in [5.41, 5.74) is 14.2. The van der Waals surface area contributed by atoms with Crippen LogP contribution in [0.1, 0.15) is 0 Å². The Morgan fingerprint density at radius 2 is 1.91 bits per heavy atom. The fourth-order valence-electron chi connectivity index (χ4n) is 0.266. The number of carbonyl (C=O) groups is 1. The summed E-state index contributed by atoms with van der Waals surface area (Å²) in [6, 6.07) is -1.22. The van der Waals surface area contributed by atoms with Crippen molar-refractivity contribution in [2.45, 2.75) is 0 Å². The second-order valence-corrected chi connectivity index (χ2v) is 2.17. The largest absolute Gasteiger partial charge is 0.369 e. The van der Waals surface area contributed by atoms with Gasteiger partial charge in [-0.25, -0.2) is 9.00 Å². The zero-order chi connectivity index (χ0) is 9.02. The van der Waals surface area contributed by atoms with Crippen molar-refractivity contribution in [2.75, 3.05) is 0 Å². The summed E-state index contributed by atoms with van der Waals surface area (Å²) in [5, 5.41) is 2.96. The van der Waals surface area contributed by atoms with Crippen LogP contribution in [0, 0.1) is 0 Å². The highest BCUT2D eigenvalue weighted by molar-refractivity contribution is 7.77. The molecule has 0 bridgehead atoms. The first-order valence-electron chi connectivity index (χ1n) is 2.25. The molecule has 0 saturated carbocycles. The van der Waals surface area contributed by atoms with Gasteiger partial charge in [-0.05, 0) is 0 Å². The molecule has 1 unspecified atom stereocenters. The van der Waals surface area contributed by atoms with E-state index in [0.29, 0.717) is 0 Å². The minimum absolute atomic E-state index is 0.0370. The third-order valence-electron chi connectivity index (χ3n) is 0.543. The van der Waals surface area contributed by atoms with Crippen LogP contribution in [-0.2, 0) is 11.3 Å². The van der Waals surface area contributed by atoms with E-state index in [-0.39, 0.29) is 4.41 Å². The Morgan fingerprint density at radius 3 is 2.00 bits per heavy atom. The fourth-order valence-corrected chi connectivity index (χ4v) is 0.584. The van der Waals surface area contributed by atoms with Gasteiger partial charge < -0.3 is 17.2 Å². The summed E-state index contributed by atoms with van der Waals surface area (Å²) in [6.07, 6.45) is 0. The Labute approximate surface area is 64.4 Å². The number of primary amides is 1. The second-order valence-electron chi connectivity index (χ2n) is 1.37. The number of nitrogens with two attached hydrogens (primary N) is 3. The molecule has 0 aromatic rings. The van der Waals surface area contributed by atoms with E-state index in [1.54, 1.807) is 0 Å². The lowest BCUT2D eigenvalue weighted by Gasteiger charge is -2.07. The Morgan fingerprint density at radius 1 is 1.45 bits per heavy atom. The van der Waals surface area contributed by atoms with Crippen molar-refractivity contribution >= 4 is 23.3 Å². The Balaban J connectivity index is 4.49. The monoisotopic (exact) mass is 181 g/mol. The maximum absolute atomic E-state index is 10.3. The number of hydrogen-bond donors (Lipinski definition) is 4. The predicted molar refractivity (Wildman–Crippen MR) is 38.0 cm³/mol. The van der Waals surface area contributed by atoms with Crippen molar-refractivity contribution in [3.8, 4) is 0 Å². The SMILES string of the molecule is NC(=O)N(N=C(N)N)S(=O)O. The van der Waals surface area contributed by atoms with E-state index in [1.165, 1.54) is 0 Å². The molecule has 0 aliphatic carbocycles. The van der Waals surface area contributed by atoms with Crippen LogP contribution in [0.15, 0.2) is 5.10 Å². The lowest BCUT2D eigenvalue weighted by molar-refractivity contribution is 0.232. The molecular formula is C2H7N5O3S. The number of guanidine groups is 1. The van der Waals surface area contributed by atoms with Gasteiger partial charge in [-0.3, -0.25) is 4.55 Å². The van der Waals surface area contributed by atoms with Gasteiger partial charge in [0.1, 0.15) is 0 Å². The highest BCUT2D eigenvalue weighted by atomic mass is 32.2. The first kappa shape index (κ1) is 9.65.